The Hall–Kier alpha value is -2.74. The molecule has 1 aromatic carbocycles. The lowest BCUT2D eigenvalue weighted by Gasteiger charge is -2.10. The fourth-order valence-corrected chi connectivity index (χ4v) is 3.07. The first-order valence-corrected chi connectivity index (χ1v) is 9.23. The van der Waals surface area contributed by atoms with Gasteiger partial charge in [0.15, 0.2) is 5.13 Å². The Kier molecular flexibility index (Phi) is 5.32. The van der Waals surface area contributed by atoms with E-state index >= 15 is 0 Å². The van der Waals surface area contributed by atoms with E-state index < -0.39 is 5.91 Å². The molecule has 7 nitrogen and oxygen atoms in total. The van der Waals surface area contributed by atoms with Crippen molar-refractivity contribution in [3.8, 4) is 0 Å². The third-order valence-corrected chi connectivity index (χ3v) is 4.77. The minimum Gasteiger partial charge on any atom is -0.352 e. The van der Waals surface area contributed by atoms with Gasteiger partial charge in [0.2, 0.25) is 5.91 Å². The Bertz CT molecular complexity index is 858. The maximum Gasteiger partial charge on any atom is 0.275 e. The first kappa shape index (κ1) is 18.1. The number of nitrogens with zero attached hydrogens (tertiary/aromatic N) is 1. The van der Waals surface area contributed by atoms with Gasteiger partial charge in [-0.05, 0) is 43.4 Å². The highest BCUT2D eigenvalue weighted by atomic mass is 32.1. The van der Waals surface area contributed by atoms with Crippen LogP contribution in [0, 0.1) is 12.8 Å². The smallest absolute Gasteiger partial charge is 0.275 e. The van der Waals surface area contributed by atoms with Gasteiger partial charge in [-0.2, -0.15) is 0 Å². The normalized spacial score (nSPS) is 13.2. The first-order valence-electron chi connectivity index (χ1n) is 8.35. The van der Waals surface area contributed by atoms with Crippen molar-refractivity contribution in [1.82, 2.24) is 10.3 Å². The summed E-state index contributed by atoms with van der Waals surface area (Å²) in [6.45, 7) is 3.93. The number of benzene rings is 1. The van der Waals surface area contributed by atoms with E-state index in [0.717, 1.165) is 5.56 Å². The number of amides is 3. The predicted molar refractivity (Wildman–Crippen MR) is 101 cm³/mol. The summed E-state index contributed by atoms with van der Waals surface area (Å²) in [5.41, 5.74) is 2.11. The monoisotopic (exact) mass is 372 g/mol. The van der Waals surface area contributed by atoms with Gasteiger partial charge in [-0.25, -0.2) is 4.98 Å². The molecule has 8 heteroatoms. The number of rotatable bonds is 6. The standard InChI is InChI=1S/C18H20N4O3S/c1-10-3-6-13(16(24)19-8-12-4-5-12)7-14(10)21-17(25)15-9-26-18(22-15)20-11(2)23/h3,6-7,9,12H,4-5,8H2,1-2H3,(H,19,24)(H,21,25)(H,20,22,23). The second kappa shape index (κ2) is 7.65. The van der Waals surface area contributed by atoms with Gasteiger partial charge in [-0.15, -0.1) is 11.3 Å². The number of carbonyl (C=O) groups excluding carboxylic acids is 3. The van der Waals surface area contributed by atoms with E-state index in [9.17, 15) is 14.4 Å². The molecule has 0 radical (unpaired) electrons. The van der Waals surface area contributed by atoms with Crippen LogP contribution in [0.4, 0.5) is 10.8 Å². The molecule has 3 amide bonds. The number of carbonyl (C=O) groups is 3. The number of anilines is 2. The second-order valence-electron chi connectivity index (χ2n) is 6.36. The summed E-state index contributed by atoms with van der Waals surface area (Å²) >= 11 is 1.18. The quantitative estimate of drug-likeness (QED) is 0.726. The molecule has 1 aliphatic carbocycles. The number of nitrogens with one attached hydrogen (secondary N) is 3. The van der Waals surface area contributed by atoms with Crippen LogP contribution < -0.4 is 16.0 Å². The molecule has 3 rings (SSSR count). The molecular weight excluding hydrogens is 352 g/mol. The lowest BCUT2D eigenvalue weighted by Crippen LogP contribution is -2.25. The van der Waals surface area contributed by atoms with Gasteiger partial charge in [-0.1, -0.05) is 6.07 Å². The summed E-state index contributed by atoms with van der Waals surface area (Å²) in [7, 11) is 0. The van der Waals surface area contributed by atoms with Crippen molar-refractivity contribution in [1.29, 1.82) is 0 Å². The first-order chi connectivity index (χ1) is 12.4. The van der Waals surface area contributed by atoms with Crippen molar-refractivity contribution < 1.29 is 14.4 Å². The fourth-order valence-electron chi connectivity index (χ4n) is 2.33. The van der Waals surface area contributed by atoms with Crippen molar-refractivity contribution >= 4 is 39.9 Å². The van der Waals surface area contributed by atoms with Crippen molar-refractivity contribution in [2.24, 2.45) is 5.92 Å². The molecule has 1 aliphatic rings. The van der Waals surface area contributed by atoms with E-state index in [4.69, 9.17) is 0 Å². The van der Waals surface area contributed by atoms with Crippen LogP contribution in [0.3, 0.4) is 0 Å². The zero-order valence-corrected chi connectivity index (χ0v) is 15.4. The van der Waals surface area contributed by atoms with Crippen molar-refractivity contribution in [2.45, 2.75) is 26.7 Å². The molecule has 1 aromatic heterocycles. The predicted octanol–water partition coefficient (Wildman–Crippen LogP) is 2.80. The van der Waals surface area contributed by atoms with E-state index in [-0.39, 0.29) is 17.5 Å². The molecule has 0 bridgehead atoms. The van der Waals surface area contributed by atoms with Gasteiger partial charge < -0.3 is 16.0 Å². The fraction of sp³-hybridized carbons (Fsp3) is 0.333. The third-order valence-electron chi connectivity index (χ3n) is 4.02. The Morgan fingerprint density at radius 2 is 1.96 bits per heavy atom. The highest BCUT2D eigenvalue weighted by molar-refractivity contribution is 7.14. The molecular formula is C18H20N4O3S. The Balaban J connectivity index is 1.68. The number of aryl methyl sites for hydroxylation is 1. The van der Waals surface area contributed by atoms with Crippen molar-refractivity contribution in [2.75, 3.05) is 17.2 Å². The highest BCUT2D eigenvalue weighted by Crippen LogP contribution is 2.27. The number of aromatic nitrogens is 1. The van der Waals surface area contributed by atoms with Crippen LogP contribution in [0.15, 0.2) is 23.6 Å². The lowest BCUT2D eigenvalue weighted by atomic mass is 10.1. The SMILES string of the molecule is CC(=O)Nc1nc(C(=O)Nc2cc(C(=O)NCC3CC3)ccc2C)cs1. The number of hydrogen-bond donors (Lipinski definition) is 3. The summed E-state index contributed by atoms with van der Waals surface area (Å²) in [5.74, 6) is -0.177. The summed E-state index contributed by atoms with van der Waals surface area (Å²) in [6, 6.07) is 5.20. The van der Waals surface area contributed by atoms with Crippen LogP contribution in [0.25, 0.3) is 0 Å². The maximum atomic E-state index is 12.4. The van der Waals surface area contributed by atoms with Crippen LogP contribution in [-0.4, -0.2) is 29.3 Å². The average molecular weight is 372 g/mol. The summed E-state index contributed by atoms with van der Waals surface area (Å²) < 4.78 is 0. The maximum absolute atomic E-state index is 12.4. The minimum atomic E-state index is -0.392. The lowest BCUT2D eigenvalue weighted by molar-refractivity contribution is -0.114. The highest BCUT2D eigenvalue weighted by Gasteiger charge is 2.22. The summed E-state index contributed by atoms with van der Waals surface area (Å²) in [4.78, 5) is 39.7. The van der Waals surface area contributed by atoms with E-state index in [0.29, 0.717) is 28.8 Å². The molecule has 1 saturated carbocycles. The van der Waals surface area contributed by atoms with Gasteiger partial charge in [0, 0.05) is 30.1 Å². The summed E-state index contributed by atoms with van der Waals surface area (Å²) in [6.07, 6.45) is 2.34. The van der Waals surface area contributed by atoms with Crippen LogP contribution in [0.5, 0.6) is 0 Å². The van der Waals surface area contributed by atoms with Crippen LogP contribution >= 0.6 is 11.3 Å². The summed E-state index contributed by atoms with van der Waals surface area (Å²) in [5, 5.41) is 10.2. The molecule has 26 heavy (non-hydrogen) atoms. The molecule has 0 atom stereocenters. The van der Waals surface area contributed by atoms with Crippen molar-refractivity contribution in [3.05, 3.63) is 40.4 Å². The number of hydrogen-bond acceptors (Lipinski definition) is 5. The van der Waals surface area contributed by atoms with Gasteiger partial charge in [0.25, 0.3) is 11.8 Å². The molecule has 1 fully saturated rings. The largest absolute Gasteiger partial charge is 0.352 e. The zero-order valence-electron chi connectivity index (χ0n) is 14.6. The molecule has 0 aliphatic heterocycles. The van der Waals surface area contributed by atoms with Gasteiger partial charge in [0.1, 0.15) is 5.69 Å². The Morgan fingerprint density at radius 3 is 2.65 bits per heavy atom. The molecule has 0 saturated heterocycles. The topological polar surface area (TPSA) is 100 Å². The van der Waals surface area contributed by atoms with E-state index in [1.165, 1.54) is 31.1 Å². The van der Waals surface area contributed by atoms with Gasteiger partial charge in [-0.3, -0.25) is 14.4 Å². The molecule has 3 N–H and O–H groups in total. The van der Waals surface area contributed by atoms with Crippen molar-refractivity contribution in [3.63, 3.8) is 0 Å². The van der Waals surface area contributed by atoms with Crippen LogP contribution in [0.2, 0.25) is 0 Å². The third kappa shape index (κ3) is 4.66. The second-order valence-corrected chi connectivity index (χ2v) is 7.21. The molecule has 0 unspecified atom stereocenters. The van der Waals surface area contributed by atoms with E-state index in [1.807, 2.05) is 6.92 Å². The van der Waals surface area contributed by atoms with Crippen LogP contribution in [0.1, 0.15) is 46.2 Å². The van der Waals surface area contributed by atoms with E-state index in [1.54, 1.807) is 23.6 Å². The average Bonchev–Trinajstić information content (AvgIpc) is 3.31. The molecule has 0 spiro atoms. The molecule has 1 heterocycles. The zero-order chi connectivity index (χ0) is 18.7. The Morgan fingerprint density at radius 1 is 1.19 bits per heavy atom. The van der Waals surface area contributed by atoms with Crippen LogP contribution in [-0.2, 0) is 4.79 Å². The Labute approximate surface area is 155 Å². The van der Waals surface area contributed by atoms with E-state index in [2.05, 4.69) is 20.9 Å². The minimum absolute atomic E-state index is 0.144. The molecule has 2 aromatic rings. The van der Waals surface area contributed by atoms with Gasteiger partial charge in [0.05, 0.1) is 0 Å². The molecule has 136 valence electrons. The van der Waals surface area contributed by atoms with Gasteiger partial charge >= 0.3 is 0 Å². The number of thiazole rings is 1.